The fraction of sp³-hybridized carbons (Fsp3) is 0.647. The van der Waals surface area contributed by atoms with Crippen molar-refractivity contribution in [3.63, 3.8) is 0 Å². The molecule has 1 N–H and O–H groups in total. The van der Waals surface area contributed by atoms with Gasteiger partial charge in [-0.15, -0.1) is 0 Å². The zero-order valence-electron chi connectivity index (χ0n) is 13.0. The minimum Gasteiger partial charge on any atom is -0.494 e. The van der Waals surface area contributed by atoms with Crippen LogP contribution in [0.2, 0.25) is 0 Å². The SMILES string of the molecule is COc1ccc(CN2CC3(CCCC3)NCC2C)cc1F. The number of benzene rings is 1. The summed E-state index contributed by atoms with van der Waals surface area (Å²) in [5, 5.41) is 3.75. The number of hydrogen-bond donors (Lipinski definition) is 1. The molecule has 1 atom stereocenters. The van der Waals surface area contributed by atoms with E-state index >= 15 is 0 Å². The van der Waals surface area contributed by atoms with Crippen molar-refractivity contribution < 1.29 is 9.13 Å². The first-order chi connectivity index (χ1) is 10.1. The lowest BCUT2D eigenvalue weighted by Gasteiger charge is -2.45. The second-order valence-electron chi connectivity index (χ2n) is 6.59. The van der Waals surface area contributed by atoms with Crippen molar-refractivity contribution in [2.45, 2.75) is 50.7 Å². The Kier molecular flexibility index (Phi) is 4.18. The quantitative estimate of drug-likeness (QED) is 0.927. The Labute approximate surface area is 126 Å². The van der Waals surface area contributed by atoms with Crippen LogP contribution in [0.15, 0.2) is 18.2 Å². The summed E-state index contributed by atoms with van der Waals surface area (Å²) in [6.07, 6.45) is 5.19. The van der Waals surface area contributed by atoms with Gasteiger partial charge in [0.15, 0.2) is 11.6 Å². The Morgan fingerprint density at radius 3 is 2.81 bits per heavy atom. The van der Waals surface area contributed by atoms with Crippen LogP contribution >= 0.6 is 0 Å². The molecule has 1 unspecified atom stereocenters. The summed E-state index contributed by atoms with van der Waals surface area (Å²) in [6, 6.07) is 5.79. The first-order valence-corrected chi connectivity index (χ1v) is 7.93. The highest BCUT2D eigenvalue weighted by Crippen LogP contribution is 2.33. The zero-order valence-corrected chi connectivity index (χ0v) is 13.0. The summed E-state index contributed by atoms with van der Waals surface area (Å²) < 4.78 is 18.8. The van der Waals surface area contributed by atoms with Crippen LogP contribution in [0, 0.1) is 5.82 Å². The maximum absolute atomic E-state index is 13.8. The van der Waals surface area contributed by atoms with Gasteiger partial charge < -0.3 is 10.1 Å². The Morgan fingerprint density at radius 2 is 2.14 bits per heavy atom. The Morgan fingerprint density at radius 1 is 1.38 bits per heavy atom. The first kappa shape index (κ1) is 14.8. The van der Waals surface area contributed by atoms with Crippen molar-refractivity contribution in [3.05, 3.63) is 29.6 Å². The lowest BCUT2D eigenvalue weighted by Crippen LogP contribution is -2.62. The van der Waals surface area contributed by atoms with Gasteiger partial charge in [0.05, 0.1) is 7.11 Å². The van der Waals surface area contributed by atoms with Gasteiger partial charge >= 0.3 is 0 Å². The molecule has 1 saturated carbocycles. The molecular formula is C17H25FN2O. The summed E-state index contributed by atoms with van der Waals surface area (Å²) in [6.45, 7) is 5.15. The first-order valence-electron chi connectivity index (χ1n) is 7.93. The van der Waals surface area contributed by atoms with Crippen LogP contribution < -0.4 is 10.1 Å². The molecule has 116 valence electrons. The summed E-state index contributed by atoms with van der Waals surface area (Å²) >= 11 is 0. The minimum absolute atomic E-state index is 0.270. The number of methoxy groups -OCH3 is 1. The molecule has 1 heterocycles. The monoisotopic (exact) mass is 292 g/mol. The summed E-state index contributed by atoms with van der Waals surface area (Å²) in [5.41, 5.74) is 1.33. The van der Waals surface area contributed by atoms with Crippen LogP contribution in [0.5, 0.6) is 5.75 Å². The molecule has 3 nitrogen and oxygen atoms in total. The maximum atomic E-state index is 13.8. The van der Waals surface area contributed by atoms with Crippen LogP contribution in [0.4, 0.5) is 4.39 Å². The maximum Gasteiger partial charge on any atom is 0.165 e. The molecule has 3 rings (SSSR count). The van der Waals surface area contributed by atoms with Crippen molar-refractivity contribution in [1.82, 2.24) is 10.2 Å². The third kappa shape index (κ3) is 3.06. The largest absolute Gasteiger partial charge is 0.494 e. The van der Waals surface area contributed by atoms with Gasteiger partial charge in [0.25, 0.3) is 0 Å². The molecular weight excluding hydrogens is 267 g/mol. The highest BCUT2D eigenvalue weighted by atomic mass is 19.1. The fourth-order valence-corrected chi connectivity index (χ4v) is 3.73. The topological polar surface area (TPSA) is 24.5 Å². The van der Waals surface area contributed by atoms with Crippen LogP contribution in [-0.4, -0.2) is 36.7 Å². The highest BCUT2D eigenvalue weighted by molar-refractivity contribution is 5.29. The number of hydrogen-bond acceptors (Lipinski definition) is 3. The van der Waals surface area contributed by atoms with Gasteiger partial charge in [0.1, 0.15) is 0 Å². The van der Waals surface area contributed by atoms with E-state index in [9.17, 15) is 4.39 Å². The second kappa shape index (κ2) is 5.93. The lowest BCUT2D eigenvalue weighted by atomic mass is 9.92. The number of ether oxygens (including phenoxy) is 1. The van der Waals surface area contributed by atoms with Gasteiger partial charge in [0.2, 0.25) is 0 Å². The van der Waals surface area contributed by atoms with Crippen LogP contribution in [0.1, 0.15) is 38.2 Å². The third-order valence-corrected chi connectivity index (χ3v) is 5.06. The summed E-state index contributed by atoms with van der Waals surface area (Å²) in [4.78, 5) is 2.49. The van der Waals surface area contributed by atoms with E-state index in [0.717, 1.165) is 25.2 Å². The van der Waals surface area contributed by atoms with Crippen LogP contribution in [0.3, 0.4) is 0 Å². The van der Waals surface area contributed by atoms with Crippen molar-refractivity contribution in [1.29, 1.82) is 0 Å². The van der Waals surface area contributed by atoms with Gasteiger partial charge in [0, 0.05) is 31.2 Å². The Hall–Kier alpha value is -1.13. The zero-order chi connectivity index (χ0) is 14.9. The number of rotatable bonds is 3. The number of piperazine rings is 1. The van der Waals surface area contributed by atoms with Crippen molar-refractivity contribution in [3.8, 4) is 5.75 Å². The molecule has 2 aliphatic rings. The Balaban J connectivity index is 1.71. The lowest BCUT2D eigenvalue weighted by molar-refractivity contribution is 0.0826. The number of nitrogens with zero attached hydrogens (tertiary/aromatic N) is 1. The van der Waals surface area contributed by atoms with Crippen LogP contribution in [0.25, 0.3) is 0 Å². The molecule has 0 aromatic heterocycles. The van der Waals surface area contributed by atoms with E-state index in [0.29, 0.717) is 17.3 Å². The Bertz CT molecular complexity index is 500. The van der Waals surface area contributed by atoms with Gasteiger partial charge in [-0.25, -0.2) is 4.39 Å². The average Bonchev–Trinajstić information content (AvgIpc) is 2.92. The van der Waals surface area contributed by atoms with Crippen LogP contribution in [-0.2, 0) is 6.54 Å². The standard InChI is InChI=1S/C17H25FN2O/c1-13-10-19-17(7-3-4-8-17)12-20(13)11-14-5-6-16(21-2)15(18)9-14/h5-6,9,13,19H,3-4,7-8,10-12H2,1-2H3. The highest BCUT2D eigenvalue weighted by Gasteiger charge is 2.39. The molecule has 0 bridgehead atoms. The van der Waals surface area contributed by atoms with Crippen molar-refractivity contribution in [2.24, 2.45) is 0 Å². The molecule has 1 aliphatic carbocycles. The number of nitrogens with one attached hydrogen (secondary N) is 1. The van der Waals surface area contributed by atoms with Gasteiger partial charge in [-0.05, 0) is 37.5 Å². The normalized spacial score (nSPS) is 25.4. The summed E-state index contributed by atoms with van der Waals surface area (Å²) in [5.74, 6) is 0.0488. The smallest absolute Gasteiger partial charge is 0.165 e. The molecule has 1 aliphatic heterocycles. The van der Waals surface area contributed by atoms with Gasteiger partial charge in [-0.1, -0.05) is 18.9 Å². The van der Waals surface area contributed by atoms with Crippen molar-refractivity contribution >= 4 is 0 Å². The van der Waals surface area contributed by atoms with E-state index in [-0.39, 0.29) is 5.82 Å². The van der Waals surface area contributed by atoms with E-state index in [1.807, 2.05) is 6.07 Å². The van der Waals surface area contributed by atoms with Gasteiger partial charge in [-0.2, -0.15) is 0 Å². The molecule has 1 spiro atoms. The van der Waals surface area contributed by atoms with E-state index in [1.165, 1.54) is 32.8 Å². The van der Waals surface area contributed by atoms with E-state index in [2.05, 4.69) is 17.1 Å². The molecule has 1 saturated heterocycles. The predicted octanol–water partition coefficient (Wildman–Crippen LogP) is 2.94. The minimum atomic E-state index is -0.270. The van der Waals surface area contributed by atoms with Crippen molar-refractivity contribution in [2.75, 3.05) is 20.2 Å². The van der Waals surface area contributed by atoms with E-state index in [1.54, 1.807) is 12.1 Å². The molecule has 2 fully saturated rings. The van der Waals surface area contributed by atoms with E-state index < -0.39 is 0 Å². The third-order valence-electron chi connectivity index (χ3n) is 5.06. The molecule has 1 aromatic carbocycles. The van der Waals surface area contributed by atoms with E-state index in [4.69, 9.17) is 4.74 Å². The molecule has 0 radical (unpaired) electrons. The number of halogens is 1. The predicted molar refractivity (Wildman–Crippen MR) is 82.0 cm³/mol. The van der Waals surface area contributed by atoms with Gasteiger partial charge in [-0.3, -0.25) is 4.90 Å². The summed E-state index contributed by atoms with van der Waals surface area (Å²) in [7, 11) is 1.50. The molecule has 0 amide bonds. The average molecular weight is 292 g/mol. The fourth-order valence-electron chi connectivity index (χ4n) is 3.73. The second-order valence-corrected chi connectivity index (χ2v) is 6.59. The molecule has 21 heavy (non-hydrogen) atoms. The molecule has 4 heteroatoms. The molecule has 1 aromatic rings.